The number of benzene rings is 1. The van der Waals surface area contributed by atoms with Crippen LogP contribution in [0.15, 0.2) is 28.7 Å². The highest BCUT2D eigenvalue weighted by atomic mass is 19.1. The van der Waals surface area contributed by atoms with E-state index in [2.05, 4.69) is 4.98 Å². The van der Waals surface area contributed by atoms with Crippen molar-refractivity contribution in [3.8, 4) is 17.2 Å². The van der Waals surface area contributed by atoms with Crippen molar-refractivity contribution in [2.45, 2.75) is 6.92 Å². The molecule has 78 valence electrons. The Morgan fingerprint density at radius 1 is 1.33 bits per heavy atom. The van der Waals surface area contributed by atoms with Crippen molar-refractivity contribution < 1.29 is 13.5 Å². The zero-order chi connectivity index (χ0) is 10.8. The summed E-state index contributed by atoms with van der Waals surface area (Å²) in [5.41, 5.74) is 0.777. The van der Waals surface area contributed by atoms with Gasteiger partial charge in [-0.05, 0) is 12.1 Å². The summed E-state index contributed by atoms with van der Waals surface area (Å²) in [4.78, 5) is 4.08. The van der Waals surface area contributed by atoms with Crippen LogP contribution in [0, 0.1) is 12.7 Å². The fraction of sp³-hybridized carbons (Fsp3) is 0.182. The van der Waals surface area contributed by atoms with Gasteiger partial charge in [-0.25, -0.2) is 9.37 Å². The third kappa shape index (κ3) is 1.70. The van der Waals surface area contributed by atoms with E-state index in [9.17, 15) is 4.39 Å². The predicted molar refractivity (Wildman–Crippen MR) is 53.2 cm³/mol. The maximum atomic E-state index is 13.5. The number of hydrogen-bond donors (Lipinski definition) is 0. The van der Waals surface area contributed by atoms with E-state index in [1.54, 1.807) is 25.1 Å². The van der Waals surface area contributed by atoms with E-state index >= 15 is 0 Å². The molecule has 0 unspecified atom stereocenters. The first-order chi connectivity index (χ1) is 7.22. The molecule has 0 aliphatic heterocycles. The van der Waals surface area contributed by atoms with Gasteiger partial charge in [0.1, 0.15) is 5.82 Å². The summed E-state index contributed by atoms with van der Waals surface area (Å²) >= 11 is 0. The van der Waals surface area contributed by atoms with Crippen LogP contribution < -0.4 is 4.74 Å². The molecule has 2 rings (SSSR count). The van der Waals surface area contributed by atoms with Gasteiger partial charge >= 0.3 is 5.95 Å². The van der Waals surface area contributed by atoms with Crippen molar-refractivity contribution in [3.63, 3.8) is 0 Å². The summed E-state index contributed by atoms with van der Waals surface area (Å²) in [6.07, 6.45) is 0. The van der Waals surface area contributed by atoms with Crippen molar-refractivity contribution in [1.29, 1.82) is 0 Å². The molecule has 0 saturated carbocycles. The zero-order valence-corrected chi connectivity index (χ0v) is 8.45. The highest BCUT2D eigenvalue weighted by Gasteiger charge is 2.16. The van der Waals surface area contributed by atoms with Crippen molar-refractivity contribution in [1.82, 2.24) is 4.98 Å². The molecular formula is C11H10FNO2. The number of ether oxygens (including phenoxy) is 1. The van der Waals surface area contributed by atoms with Gasteiger partial charge in [0, 0.05) is 12.5 Å². The highest BCUT2D eigenvalue weighted by molar-refractivity contribution is 5.64. The number of nitrogens with zero attached hydrogens (tertiary/aromatic N) is 1. The molecule has 1 aromatic heterocycles. The lowest BCUT2D eigenvalue weighted by Crippen LogP contribution is -1.88. The number of hydrogen-bond acceptors (Lipinski definition) is 3. The maximum Gasteiger partial charge on any atom is 0.313 e. The van der Waals surface area contributed by atoms with Crippen LogP contribution in [-0.4, -0.2) is 12.1 Å². The first-order valence-corrected chi connectivity index (χ1v) is 4.48. The Kier molecular flexibility index (Phi) is 2.41. The number of aromatic nitrogens is 1. The third-order valence-electron chi connectivity index (χ3n) is 2.02. The minimum atomic E-state index is -0.343. The van der Waals surface area contributed by atoms with Crippen molar-refractivity contribution >= 4 is 0 Å². The lowest BCUT2D eigenvalue weighted by atomic mass is 10.1. The molecule has 0 spiro atoms. The lowest BCUT2D eigenvalue weighted by Gasteiger charge is -2.00. The molecular weight excluding hydrogens is 197 g/mol. The van der Waals surface area contributed by atoms with Crippen LogP contribution in [0.1, 0.15) is 5.89 Å². The van der Waals surface area contributed by atoms with Gasteiger partial charge in [-0.15, -0.1) is 0 Å². The largest absolute Gasteiger partial charge is 0.467 e. The maximum absolute atomic E-state index is 13.5. The van der Waals surface area contributed by atoms with Crippen LogP contribution >= 0.6 is 0 Å². The van der Waals surface area contributed by atoms with Gasteiger partial charge in [0.2, 0.25) is 0 Å². The Balaban J connectivity index is 2.58. The Morgan fingerprint density at radius 3 is 2.73 bits per heavy atom. The Bertz CT molecular complexity index is 479. The van der Waals surface area contributed by atoms with Gasteiger partial charge in [-0.2, -0.15) is 0 Å². The molecule has 1 heterocycles. The van der Waals surface area contributed by atoms with E-state index in [4.69, 9.17) is 9.15 Å². The van der Waals surface area contributed by atoms with Gasteiger partial charge in [-0.3, -0.25) is 0 Å². The van der Waals surface area contributed by atoms with E-state index in [0.29, 0.717) is 17.1 Å². The number of aryl methyl sites for hydroxylation is 1. The van der Waals surface area contributed by atoms with E-state index in [1.807, 2.05) is 0 Å². The van der Waals surface area contributed by atoms with E-state index < -0.39 is 0 Å². The first-order valence-electron chi connectivity index (χ1n) is 4.48. The standard InChI is InChI=1S/C11H10FNO2/c1-7-13-10(11(14-2)15-7)8-5-3-4-6-9(8)12/h3-6H,1-2H3. The van der Waals surface area contributed by atoms with Gasteiger partial charge in [-0.1, -0.05) is 12.1 Å². The van der Waals surface area contributed by atoms with Crippen LogP contribution in [0.4, 0.5) is 4.39 Å². The second-order valence-electron chi connectivity index (χ2n) is 3.05. The van der Waals surface area contributed by atoms with Gasteiger partial charge in [0.15, 0.2) is 11.6 Å². The monoisotopic (exact) mass is 207 g/mol. The number of rotatable bonds is 2. The number of oxazole rings is 1. The second kappa shape index (κ2) is 3.73. The minimum absolute atomic E-state index is 0.234. The van der Waals surface area contributed by atoms with E-state index in [-0.39, 0.29) is 11.8 Å². The molecule has 2 aromatic rings. The summed E-state index contributed by atoms with van der Waals surface area (Å²) in [5, 5.41) is 0. The molecule has 15 heavy (non-hydrogen) atoms. The van der Waals surface area contributed by atoms with Crippen LogP contribution in [0.2, 0.25) is 0 Å². The first kappa shape index (κ1) is 9.71. The fourth-order valence-electron chi connectivity index (χ4n) is 1.37. The molecule has 0 atom stereocenters. The van der Waals surface area contributed by atoms with E-state index in [1.165, 1.54) is 13.2 Å². The second-order valence-corrected chi connectivity index (χ2v) is 3.05. The van der Waals surface area contributed by atoms with Crippen LogP contribution in [-0.2, 0) is 0 Å². The smallest absolute Gasteiger partial charge is 0.313 e. The molecule has 3 nitrogen and oxygen atoms in total. The average Bonchev–Trinajstić information content (AvgIpc) is 2.60. The molecule has 4 heteroatoms. The topological polar surface area (TPSA) is 35.3 Å². The predicted octanol–water partition coefficient (Wildman–Crippen LogP) is 2.80. The normalized spacial score (nSPS) is 10.3. The molecule has 0 amide bonds. The molecule has 0 aliphatic rings. The molecule has 1 aromatic carbocycles. The molecule has 0 bridgehead atoms. The summed E-state index contributed by atoms with van der Waals surface area (Å²) in [5.74, 6) is 0.340. The summed E-state index contributed by atoms with van der Waals surface area (Å²) in [6, 6.07) is 6.37. The summed E-state index contributed by atoms with van der Waals surface area (Å²) in [7, 11) is 1.46. The third-order valence-corrected chi connectivity index (χ3v) is 2.02. The van der Waals surface area contributed by atoms with Gasteiger partial charge < -0.3 is 9.15 Å². The van der Waals surface area contributed by atoms with Crippen molar-refractivity contribution in [3.05, 3.63) is 36.0 Å². The molecule has 0 saturated heterocycles. The Hall–Kier alpha value is -1.84. The Labute approximate surface area is 86.5 Å². The Morgan fingerprint density at radius 2 is 2.07 bits per heavy atom. The average molecular weight is 207 g/mol. The van der Waals surface area contributed by atoms with Gasteiger partial charge in [0.05, 0.1) is 7.11 Å². The summed E-state index contributed by atoms with van der Waals surface area (Å²) in [6.45, 7) is 1.69. The van der Waals surface area contributed by atoms with Crippen LogP contribution in [0.3, 0.4) is 0 Å². The van der Waals surface area contributed by atoms with Gasteiger partial charge in [0.25, 0.3) is 0 Å². The minimum Gasteiger partial charge on any atom is -0.467 e. The summed E-state index contributed by atoms with van der Waals surface area (Å²) < 4.78 is 23.6. The molecule has 0 N–H and O–H groups in total. The van der Waals surface area contributed by atoms with Crippen LogP contribution in [0.25, 0.3) is 11.3 Å². The van der Waals surface area contributed by atoms with E-state index in [0.717, 1.165) is 0 Å². The SMILES string of the molecule is COc1oc(C)nc1-c1ccccc1F. The number of methoxy groups -OCH3 is 1. The van der Waals surface area contributed by atoms with Crippen molar-refractivity contribution in [2.75, 3.05) is 7.11 Å². The zero-order valence-electron chi connectivity index (χ0n) is 8.45. The quantitative estimate of drug-likeness (QED) is 0.759. The molecule has 0 aliphatic carbocycles. The molecule has 0 radical (unpaired) electrons. The fourth-order valence-corrected chi connectivity index (χ4v) is 1.37. The lowest BCUT2D eigenvalue weighted by molar-refractivity contribution is 0.299. The highest BCUT2D eigenvalue weighted by Crippen LogP contribution is 2.31. The number of halogens is 1. The van der Waals surface area contributed by atoms with Crippen molar-refractivity contribution in [2.24, 2.45) is 0 Å². The van der Waals surface area contributed by atoms with Crippen LogP contribution in [0.5, 0.6) is 5.95 Å². The molecule has 0 fully saturated rings.